The number of anilines is 2. The average molecular weight is 437 g/mol. The first-order chi connectivity index (χ1) is 15.4. The molecule has 1 heterocycles. The van der Waals surface area contributed by atoms with Crippen LogP contribution in [-0.2, 0) is 0 Å². The number of hydrazine groups is 1. The molecule has 1 saturated carbocycles. The van der Waals surface area contributed by atoms with Crippen LogP contribution >= 0.6 is 0 Å². The lowest BCUT2D eigenvalue weighted by Gasteiger charge is -2.18. The van der Waals surface area contributed by atoms with Crippen molar-refractivity contribution in [3.8, 4) is 34.0 Å². The van der Waals surface area contributed by atoms with Crippen LogP contribution in [0.3, 0.4) is 0 Å². The standard InChI is InChI=1S/C22H23N5O5/c23-18-20(27-24)25-19(26-21(18)29)14-7-5-12(10-17(14)32-13-3-1-2-4-13)11-6-8-16(28)15(9-11)22(30)31/h5-10,13,28H,1-4,23-24H2,(H,30,31)(H2,25,26,27,29). The number of aromatic nitrogens is 2. The number of ether oxygens (including phenoxy) is 1. The molecule has 0 amide bonds. The van der Waals surface area contributed by atoms with Gasteiger partial charge in [-0.2, -0.15) is 0 Å². The number of aromatic hydroxyl groups is 1. The van der Waals surface area contributed by atoms with Gasteiger partial charge >= 0.3 is 5.97 Å². The maximum Gasteiger partial charge on any atom is 0.339 e. The van der Waals surface area contributed by atoms with E-state index in [-0.39, 0.29) is 34.7 Å². The second kappa shape index (κ2) is 8.60. The summed E-state index contributed by atoms with van der Waals surface area (Å²) < 4.78 is 6.26. The molecule has 10 nitrogen and oxygen atoms in total. The summed E-state index contributed by atoms with van der Waals surface area (Å²) in [5.74, 6) is 4.66. The first-order valence-electron chi connectivity index (χ1n) is 10.1. The van der Waals surface area contributed by atoms with Crippen molar-refractivity contribution >= 4 is 17.5 Å². The summed E-state index contributed by atoms with van der Waals surface area (Å²) in [5.41, 5.74) is 8.97. The van der Waals surface area contributed by atoms with Gasteiger partial charge in [-0.05, 0) is 61.1 Å². The van der Waals surface area contributed by atoms with Gasteiger partial charge in [0.25, 0.3) is 5.56 Å². The molecule has 10 heteroatoms. The lowest BCUT2D eigenvalue weighted by molar-refractivity contribution is 0.0694. The normalized spacial score (nSPS) is 13.8. The van der Waals surface area contributed by atoms with Crippen molar-refractivity contribution in [3.63, 3.8) is 0 Å². The largest absolute Gasteiger partial charge is 0.507 e. The number of nitrogens with one attached hydrogen (secondary N) is 2. The van der Waals surface area contributed by atoms with Gasteiger partial charge in [0.15, 0.2) is 5.82 Å². The summed E-state index contributed by atoms with van der Waals surface area (Å²) in [5, 5.41) is 19.1. The molecular formula is C22H23N5O5. The Kier molecular flexibility index (Phi) is 5.69. The summed E-state index contributed by atoms with van der Waals surface area (Å²) >= 11 is 0. The Labute approximate surface area is 182 Å². The number of nitrogens with zero attached hydrogens (tertiary/aromatic N) is 1. The van der Waals surface area contributed by atoms with E-state index in [0.29, 0.717) is 22.4 Å². The summed E-state index contributed by atoms with van der Waals surface area (Å²) in [7, 11) is 0. The molecule has 2 aromatic carbocycles. The SMILES string of the molecule is NNc1nc(-c2ccc(-c3ccc(O)c(C(=O)O)c3)cc2OC2CCCC2)[nH]c(=O)c1N. The molecule has 32 heavy (non-hydrogen) atoms. The molecule has 4 rings (SSSR count). The van der Waals surface area contributed by atoms with Crippen LogP contribution in [-0.4, -0.2) is 32.3 Å². The van der Waals surface area contributed by atoms with Gasteiger partial charge in [-0.1, -0.05) is 12.1 Å². The summed E-state index contributed by atoms with van der Waals surface area (Å²) in [4.78, 5) is 30.6. The molecule has 0 aliphatic heterocycles. The number of aromatic carboxylic acids is 1. The fourth-order valence-corrected chi connectivity index (χ4v) is 3.79. The number of carboxylic acid groups (broad SMARTS) is 1. The van der Waals surface area contributed by atoms with Crippen LogP contribution in [0.15, 0.2) is 41.2 Å². The van der Waals surface area contributed by atoms with Gasteiger partial charge in [-0.3, -0.25) is 4.79 Å². The van der Waals surface area contributed by atoms with Crippen molar-refractivity contribution < 1.29 is 19.7 Å². The molecular weight excluding hydrogens is 414 g/mol. The third-order valence-electron chi connectivity index (χ3n) is 5.48. The van der Waals surface area contributed by atoms with E-state index in [1.54, 1.807) is 24.3 Å². The molecule has 0 unspecified atom stereocenters. The van der Waals surface area contributed by atoms with E-state index >= 15 is 0 Å². The van der Waals surface area contributed by atoms with E-state index in [0.717, 1.165) is 25.7 Å². The lowest BCUT2D eigenvalue weighted by atomic mass is 10.00. The van der Waals surface area contributed by atoms with Crippen molar-refractivity contribution in [2.75, 3.05) is 11.2 Å². The van der Waals surface area contributed by atoms with Crippen LogP contribution in [0.5, 0.6) is 11.5 Å². The Morgan fingerprint density at radius 1 is 1.16 bits per heavy atom. The minimum atomic E-state index is -1.23. The zero-order chi connectivity index (χ0) is 22.8. The van der Waals surface area contributed by atoms with Crippen LogP contribution in [0.2, 0.25) is 0 Å². The molecule has 0 saturated heterocycles. The highest BCUT2D eigenvalue weighted by atomic mass is 16.5. The maximum absolute atomic E-state index is 12.2. The van der Waals surface area contributed by atoms with Crippen LogP contribution in [0.25, 0.3) is 22.5 Å². The Morgan fingerprint density at radius 2 is 1.84 bits per heavy atom. The molecule has 1 fully saturated rings. The zero-order valence-corrected chi connectivity index (χ0v) is 17.1. The van der Waals surface area contributed by atoms with E-state index in [4.69, 9.17) is 16.3 Å². The number of H-pyrrole nitrogens is 1. The highest BCUT2D eigenvalue weighted by Gasteiger charge is 2.21. The van der Waals surface area contributed by atoms with Gasteiger partial charge in [0.1, 0.15) is 28.6 Å². The van der Waals surface area contributed by atoms with Crippen LogP contribution in [0.1, 0.15) is 36.0 Å². The lowest BCUT2D eigenvalue weighted by Crippen LogP contribution is -2.21. The van der Waals surface area contributed by atoms with Crippen LogP contribution < -0.4 is 27.3 Å². The molecule has 0 atom stereocenters. The maximum atomic E-state index is 12.2. The smallest absolute Gasteiger partial charge is 0.339 e. The quantitative estimate of drug-likeness (QED) is 0.250. The molecule has 166 valence electrons. The van der Waals surface area contributed by atoms with Gasteiger partial charge in [-0.25, -0.2) is 15.6 Å². The number of phenols is 1. The van der Waals surface area contributed by atoms with E-state index in [1.165, 1.54) is 12.1 Å². The van der Waals surface area contributed by atoms with Crippen molar-refractivity contribution in [1.29, 1.82) is 0 Å². The van der Waals surface area contributed by atoms with Gasteiger partial charge in [0.2, 0.25) is 0 Å². The summed E-state index contributed by atoms with van der Waals surface area (Å²) in [6.07, 6.45) is 3.97. The summed E-state index contributed by atoms with van der Waals surface area (Å²) in [6.45, 7) is 0. The molecule has 1 aliphatic rings. The van der Waals surface area contributed by atoms with E-state index in [2.05, 4.69) is 15.4 Å². The average Bonchev–Trinajstić information content (AvgIpc) is 3.29. The van der Waals surface area contributed by atoms with Gasteiger partial charge in [0, 0.05) is 0 Å². The predicted molar refractivity (Wildman–Crippen MR) is 119 cm³/mol. The third-order valence-corrected chi connectivity index (χ3v) is 5.48. The molecule has 1 aromatic heterocycles. The minimum absolute atomic E-state index is 0.0194. The van der Waals surface area contributed by atoms with Crippen molar-refractivity contribution in [2.24, 2.45) is 5.84 Å². The molecule has 0 radical (unpaired) electrons. The van der Waals surface area contributed by atoms with Crippen LogP contribution in [0, 0.1) is 0 Å². The molecule has 1 aliphatic carbocycles. The van der Waals surface area contributed by atoms with Gasteiger partial charge in [-0.15, -0.1) is 0 Å². The number of carbonyl (C=O) groups is 1. The number of nitrogen functional groups attached to an aromatic ring is 2. The second-order valence-corrected chi connectivity index (χ2v) is 7.59. The molecule has 0 spiro atoms. The molecule has 3 aromatic rings. The Balaban J connectivity index is 1.83. The second-order valence-electron chi connectivity index (χ2n) is 7.59. The van der Waals surface area contributed by atoms with E-state index in [9.17, 15) is 19.8 Å². The minimum Gasteiger partial charge on any atom is -0.507 e. The number of nitrogens with two attached hydrogens (primary N) is 2. The van der Waals surface area contributed by atoms with Gasteiger partial charge in [0.05, 0.1) is 11.7 Å². The first-order valence-corrected chi connectivity index (χ1v) is 10.1. The van der Waals surface area contributed by atoms with E-state index < -0.39 is 11.5 Å². The predicted octanol–water partition coefficient (Wildman–Crippen LogP) is 2.70. The number of carboxylic acids is 1. The fraction of sp³-hybridized carbons (Fsp3) is 0.227. The Bertz CT molecular complexity index is 1230. The van der Waals surface area contributed by atoms with Crippen LogP contribution in [0.4, 0.5) is 11.5 Å². The highest BCUT2D eigenvalue weighted by Crippen LogP contribution is 2.36. The number of benzene rings is 2. The number of hydrogen-bond donors (Lipinski definition) is 6. The first kappa shape index (κ1) is 21.2. The third kappa shape index (κ3) is 4.08. The number of hydrogen-bond acceptors (Lipinski definition) is 8. The van der Waals surface area contributed by atoms with Gasteiger partial charge < -0.3 is 31.1 Å². The monoisotopic (exact) mass is 437 g/mol. The highest BCUT2D eigenvalue weighted by molar-refractivity contribution is 5.92. The topological polar surface area (TPSA) is 177 Å². The number of aromatic amines is 1. The van der Waals surface area contributed by atoms with Crippen molar-refractivity contribution in [2.45, 2.75) is 31.8 Å². The van der Waals surface area contributed by atoms with Crippen molar-refractivity contribution in [1.82, 2.24) is 9.97 Å². The van der Waals surface area contributed by atoms with Crippen molar-refractivity contribution in [3.05, 3.63) is 52.3 Å². The Morgan fingerprint density at radius 3 is 2.53 bits per heavy atom. The number of rotatable bonds is 6. The van der Waals surface area contributed by atoms with E-state index in [1.807, 2.05) is 0 Å². The Hall–Kier alpha value is -4.05. The fourth-order valence-electron chi connectivity index (χ4n) is 3.79. The summed E-state index contributed by atoms with van der Waals surface area (Å²) in [6, 6.07) is 9.59. The molecule has 0 bridgehead atoms. The molecule has 8 N–H and O–H groups in total. The zero-order valence-electron chi connectivity index (χ0n) is 17.1.